The number of aliphatic hydroxyl groups is 2. The summed E-state index contributed by atoms with van der Waals surface area (Å²) in [5.41, 5.74) is 0. The topological polar surface area (TPSA) is 69.6 Å². The van der Waals surface area contributed by atoms with Gasteiger partial charge < -0.3 is 15.5 Å². The van der Waals surface area contributed by atoms with Gasteiger partial charge in [0.05, 0.1) is 18.8 Å². The van der Waals surface area contributed by atoms with Crippen molar-refractivity contribution in [3.8, 4) is 0 Å². The molecule has 80 heavy (non-hydrogen) atoms. The number of hydrogen-bond donors (Lipinski definition) is 3. The molecule has 0 aliphatic heterocycles. The van der Waals surface area contributed by atoms with E-state index in [9.17, 15) is 15.0 Å². The average Bonchev–Trinajstić information content (AvgIpc) is 3.46. The Morgan fingerprint density at radius 2 is 0.400 bits per heavy atom. The minimum Gasteiger partial charge on any atom is -0.394 e. The summed E-state index contributed by atoms with van der Waals surface area (Å²) in [7, 11) is 0. The van der Waals surface area contributed by atoms with Gasteiger partial charge in [0, 0.05) is 6.42 Å². The van der Waals surface area contributed by atoms with Gasteiger partial charge in [0.15, 0.2) is 0 Å². The molecular weight excluding hydrogens is 975 g/mol. The smallest absolute Gasteiger partial charge is 0.220 e. The minimum atomic E-state index is -0.657. The third-order valence-corrected chi connectivity index (χ3v) is 18.6. The zero-order valence-corrected chi connectivity index (χ0v) is 55.7. The summed E-state index contributed by atoms with van der Waals surface area (Å²) in [6.07, 6.45) is 96.4. The molecule has 0 fully saturated rings. The molecule has 4 heteroatoms. The van der Waals surface area contributed by atoms with Crippen molar-refractivity contribution in [3.05, 3.63) is 0 Å². The zero-order chi connectivity index (χ0) is 57.6. The number of carbonyl (C=O) groups is 1. The van der Waals surface area contributed by atoms with Gasteiger partial charge >= 0.3 is 0 Å². The second-order valence-corrected chi connectivity index (χ2v) is 26.8. The number of unbranched alkanes of at least 4 members (excludes halogenated alkanes) is 66. The Hall–Kier alpha value is -0.610. The molecule has 1 amide bonds. The summed E-state index contributed by atoms with van der Waals surface area (Å²) >= 11 is 0. The highest BCUT2D eigenvalue weighted by Gasteiger charge is 2.20. The summed E-state index contributed by atoms with van der Waals surface area (Å²) in [6, 6.07) is -0.533. The molecule has 4 nitrogen and oxygen atoms in total. The maximum absolute atomic E-state index is 12.6. The number of amides is 1. The number of rotatable bonds is 73. The van der Waals surface area contributed by atoms with Crippen LogP contribution in [0.15, 0.2) is 0 Å². The summed E-state index contributed by atoms with van der Waals surface area (Å²) in [5, 5.41) is 23.5. The number of nitrogens with one attached hydrogen (secondary N) is 1. The van der Waals surface area contributed by atoms with Gasteiger partial charge in [0.2, 0.25) is 5.91 Å². The van der Waals surface area contributed by atoms with Gasteiger partial charge in [-0.2, -0.15) is 0 Å². The van der Waals surface area contributed by atoms with E-state index >= 15 is 0 Å². The van der Waals surface area contributed by atoms with Crippen molar-refractivity contribution < 1.29 is 15.0 Å². The molecule has 2 atom stereocenters. The van der Waals surface area contributed by atoms with Crippen LogP contribution in [0.2, 0.25) is 0 Å². The molecule has 0 aromatic heterocycles. The second kappa shape index (κ2) is 72.6. The summed E-state index contributed by atoms with van der Waals surface area (Å²) in [6.45, 7) is 4.43. The van der Waals surface area contributed by atoms with Gasteiger partial charge in [-0.25, -0.2) is 0 Å². The highest BCUT2D eigenvalue weighted by Crippen LogP contribution is 2.21. The van der Waals surface area contributed by atoms with Crippen LogP contribution >= 0.6 is 0 Å². The van der Waals surface area contributed by atoms with Crippen LogP contribution in [0.3, 0.4) is 0 Å². The van der Waals surface area contributed by atoms with E-state index in [0.29, 0.717) is 12.8 Å². The lowest BCUT2D eigenvalue weighted by Crippen LogP contribution is -2.45. The fraction of sp³-hybridized carbons (Fsp3) is 0.987. The third kappa shape index (κ3) is 68.2. The first-order valence-electron chi connectivity index (χ1n) is 38.2. The molecule has 3 N–H and O–H groups in total. The maximum Gasteiger partial charge on any atom is 0.220 e. The molecular formula is C76H153NO3. The fourth-order valence-electron chi connectivity index (χ4n) is 12.8. The van der Waals surface area contributed by atoms with E-state index in [2.05, 4.69) is 19.2 Å². The van der Waals surface area contributed by atoms with Crippen molar-refractivity contribution in [1.29, 1.82) is 0 Å². The van der Waals surface area contributed by atoms with Gasteiger partial charge in [-0.15, -0.1) is 0 Å². The van der Waals surface area contributed by atoms with Crippen LogP contribution in [-0.2, 0) is 4.79 Å². The molecule has 0 saturated carbocycles. The predicted octanol–water partition coefficient (Wildman–Crippen LogP) is 26.2. The van der Waals surface area contributed by atoms with E-state index in [1.165, 1.54) is 411 Å². The van der Waals surface area contributed by atoms with Crippen molar-refractivity contribution in [3.63, 3.8) is 0 Å². The molecule has 0 saturated heterocycles. The first kappa shape index (κ1) is 79.4. The Labute approximate surface area is 505 Å². The predicted molar refractivity (Wildman–Crippen MR) is 360 cm³/mol. The average molecular weight is 1130 g/mol. The molecule has 480 valence electrons. The molecule has 0 aromatic carbocycles. The van der Waals surface area contributed by atoms with E-state index in [1.54, 1.807) is 0 Å². The van der Waals surface area contributed by atoms with E-state index in [1.807, 2.05) is 0 Å². The lowest BCUT2D eigenvalue weighted by Gasteiger charge is -2.22. The SMILES string of the molecule is CCCCCCCCCCCCCCCCCCCCCCCCCCCCCCCCCCCCCCC(=O)NC(CO)C(O)CCCCCCCCCCCCCCCCCCCCCCCCCCCCCCCCCC. The number of carbonyl (C=O) groups excluding carboxylic acids is 1. The van der Waals surface area contributed by atoms with Crippen molar-refractivity contribution in [2.24, 2.45) is 0 Å². The second-order valence-electron chi connectivity index (χ2n) is 26.8. The van der Waals surface area contributed by atoms with Gasteiger partial charge in [-0.1, -0.05) is 444 Å². The number of aliphatic hydroxyl groups excluding tert-OH is 2. The largest absolute Gasteiger partial charge is 0.394 e. The van der Waals surface area contributed by atoms with Crippen LogP contribution in [0.4, 0.5) is 0 Å². The summed E-state index contributed by atoms with van der Waals surface area (Å²) < 4.78 is 0. The van der Waals surface area contributed by atoms with Crippen molar-refractivity contribution in [2.45, 2.75) is 475 Å². The normalized spacial score (nSPS) is 12.5. The monoisotopic (exact) mass is 1130 g/mol. The van der Waals surface area contributed by atoms with Gasteiger partial charge in [0.25, 0.3) is 0 Å². The van der Waals surface area contributed by atoms with Crippen LogP contribution in [0, 0.1) is 0 Å². The molecule has 0 aromatic rings. The molecule has 0 aliphatic carbocycles. The highest BCUT2D eigenvalue weighted by molar-refractivity contribution is 5.76. The maximum atomic E-state index is 12.6. The van der Waals surface area contributed by atoms with E-state index < -0.39 is 12.1 Å². The first-order valence-corrected chi connectivity index (χ1v) is 38.2. The quantitative estimate of drug-likeness (QED) is 0.0532. The summed E-state index contributed by atoms with van der Waals surface area (Å²) in [4.78, 5) is 12.6. The van der Waals surface area contributed by atoms with Crippen LogP contribution in [0.5, 0.6) is 0 Å². The number of hydrogen-bond acceptors (Lipinski definition) is 3. The molecule has 0 aliphatic rings. The lowest BCUT2D eigenvalue weighted by atomic mass is 10.0. The third-order valence-electron chi connectivity index (χ3n) is 18.6. The van der Waals surface area contributed by atoms with E-state index in [0.717, 1.165) is 25.7 Å². The molecule has 0 radical (unpaired) electrons. The first-order chi connectivity index (χ1) is 39.7. The Morgan fingerprint density at radius 3 is 0.562 bits per heavy atom. The van der Waals surface area contributed by atoms with Crippen LogP contribution in [0.1, 0.15) is 463 Å². The van der Waals surface area contributed by atoms with Gasteiger partial charge in [-0.05, 0) is 12.8 Å². The molecule has 0 heterocycles. The molecule has 0 bridgehead atoms. The Balaban J connectivity index is 3.34. The summed E-state index contributed by atoms with van der Waals surface area (Å²) in [5.74, 6) is -0.0182. The Bertz CT molecular complexity index is 1100. The van der Waals surface area contributed by atoms with Crippen LogP contribution in [-0.4, -0.2) is 34.9 Å². The highest BCUT2D eigenvalue weighted by atomic mass is 16.3. The molecule has 0 spiro atoms. The molecule has 0 rings (SSSR count). The van der Waals surface area contributed by atoms with Crippen LogP contribution in [0.25, 0.3) is 0 Å². The van der Waals surface area contributed by atoms with Crippen molar-refractivity contribution in [2.75, 3.05) is 6.61 Å². The van der Waals surface area contributed by atoms with Crippen molar-refractivity contribution in [1.82, 2.24) is 5.32 Å². The fourth-order valence-corrected chi connectivity index (χ4v) is 12.8. The van der Waals surface area contributed by atoms with E-state index in [-0.39, 0.29) is 12.5 Å². The molecule has 2 unspecified atom stereocenters. The van der Waals surface area contributed by atoms with Crippen LogP contribution < -0.4 is 5.32 Å². The Kier molecular flexibility index (Phi) is 72.1. The Morgan fingerprint density at radius 1 is 0.250 bits per heavy atom. The standard InChI is InChI=1S/C76H153NO3/c1-3-5-7-9-11-13-15-17-19-21-23-25-27-29-31-33-35-37-38-39-40-42-44-46-48-50-52-54-56-58-60-62-64-66-68-70-72-76(80)77-74(73-78)75(79)71-69-67-65-63-61-59-57-55-53-51-49-47-45-43-41-36-34-32-30-28-26-24-22-20-18-16-14-12-10-8-6-4-2/h74-75,78-79H,3-73H2,1-2H3,(H,77,80). The van der Waals surface area contributed by atoms with Gasteiger partial charge in [-0.3, -0.25) is 4.79 Å². The van der Waals surface area contributed by atoms with Gasteiger partial charge in [0.1, 0.15) is 0 Å². The zero-order valence-electron chi connectivity index (χ0n) is 55.7. The van der Waals surface area contributed by atoms with E-state index in [4.69, 9.17) is 0 Å². The van der Waals surface area contributed by atoms with Crippen molar-refractivity contribution >= 4 is 5.91 Å². The lowest BCUT2D eigenvalue weighted by molar-refractivity contribution is -0.123. The minimum absolute atomic E-state index is 0.0182.